The van der Waals surface area contributed by atoms with E-state index < -0.39 is 5.82 Å². The van der Waals surface area contributed by atoms with Crippen molar-refractivity contribution in [3.63, 3.8) is 0 Å². The average molecular weight is 381 g/mol. The number of benzene rings is 2. The van der Waals surface area contributed by atoms with Gasteiger partial charge >= 0.3 is 0 Å². The fraction of sp³-hybridized carbons (Fsp3) is 0.111. The Bertz CT molecular complexity index is 807. The lowest BCUT2D eigenvalue weighted by Crippen LogP contribution is -2.33. The second-order valence-electron chi connectivity index (χ2n) is 5.25. The molecular formula is C18H15Cl2FN2O2. The Morgan fingerprint density at radius 2 is 1.84 bits per heavy atom. The highest BCUT2D eigenvalue weighted by molar-refractivity contribution is 6.35. The molecule has 4 nitrogen and oxygen atoms in total. The lowest BCUT2D eigenvalue weighted by Gasteiger charge is -2.15. The van der Waals surface area contributed by atoms with Gasteiger partial charge in [0.15, 0.2) is 0 Å². The molecule has 0 bridgehead atoms. The summed E-state index contributed by atoms with van der Waals surface area (Å²) in [6.45, 7) is -0.144. The summed E-state index contributed by atoms with van der Waals surface area (Å²) in [5, 5.41) is 3.51. The molecule has 0 aliphatic carbocycles. The Morgan fingerprint density at radius 3 is 2.48 bits per heavy atom. The van der Waals surface area contributed by atoms with Crippen LogP contribution in [0.2, 0.25) is 10.0 Å². The van der Waals surface area contributed by atoms with Crippen LogP contribution < -0.4 is 5.32 Å². The molecule has 25 heavy (non-hydrogen) atoms. The van der Waals surface area contributed by atoms with Crippen LogP contribution in [0.5, 0.6) is 0 Å². The maximum atomic E-state index is 12.8. The summed E-state index contributed by atoms with van der Waals surface area (Å²) in [6, 6.07) is 10.3. The van der Waals surface area contributed by atoms with Crippen LogP contribution >= 0.6 is 23.2 Å². The van der Waals surface area contributed by atoms with Crippen molar-refractivity contribution in [3.05, 3.63) is 70.0 Å². The number of likely N-dealkylation sites (N-methyl/N-ethyl adjacent to an activating group) is 1. The summed E-state index contributed by atoms with van der Waals surface area (Å²) in [6.07, 6.45) is 2.87. The zero-order valence-electron chi connectivity index (χ0n) is 13.3. The summed E-state index contributed by atoms with van der Waals surface area (Å²) >= 11 is 11.8. The normalized spacial score (nSPS) is 10.7. The van der Waals surface area contributed by atoms with E-state index in [-0.39, 0.29) is 18.4 Å². The molecule has 0 saturated heterocycles. The molecule has 0 atom stereocenters. The van der Waals surface area contributed by atoms with Crippen LogP contribution in [0.4, 0.5) is 10.1 Å². The Morgan fingerprint density at radius 1 is 1.16 bits per heavy atom. The number of halogens is 3. The van der Waals surface area contributed by atoms with Crippen molar-refractivity contribution in [1.82, 2.24) is 4.90 Å². The van der Waals surface area contributed by atoms with Crippen LogP contribution in [0.3, 0.4) is 0 Å². The van der Waals surface area contributed by atoms with Crippen LogP contribution in [0.15, 0.2) is 48.5 Å². The van der Waals surface area contributed by atoms with Crippen LogP contribution in [0, 0.1) is 5.82 Å². The summed E-state index contributed by atoms with van der Waals surface area (Å²) in [5.41, 5.74) is 1.10. The molecule has 7 heteroatoms. The molecule has 1 N–H and O–H groups in total. The first-order valence-electron chi connectivity index (χ1n) is 7.29. The van der Waals surface area contributed by atoms with E-state index in [1.54, 1.807) is 24.3 Å². The second kappa shape index (κ2) is 8.65. The van der Waals surface area contributed by atoms with Crippen molar-refractivity contribution in [1.29, 1.82) is 0 Å². The van der Waals surface area contributed by atoms with Gasteiger partial charge in [0.25, 0.3) is 0 Å². The van der Waals surface area contributed by atoms with Gasteiger partial charge in [-0.2, -0.15) is 0 Å². The van der Waals surface area contributed by atoms with E-state index in [0.717, 1.165) is 0 Å². The molecule has 0 aliphatic rings. The highest BCUT2D eigenvalue weighted by Crippen LogP contribution is 2.22. The SMILES string of the molecule is CN(CC(=O)Nc1ccc(F)cc1)C(=O)/C=C/c1ccc(Cl)cc1Cl. The molecule has 0 aromatic heterocycles. The number of carbonyl (C=O) groups excluding carboxylic acids is 2. The standard InChI is InChI=1S/C18H15Cl2FN2O2/c1-23(11-17(24)22-15-7-5-14(21)6-8-15)18(25)9-3-12-2-4-13(19)10-16(12)20/h2-10H,11H2,1H3,(H,22,24)/b9-3+. The quantitative estimate of drug-likeness (QED) is 0.788. The number of rotatable bonds is 5. The summed E-state index contributed by atoms with van der Waals surface area (Å²) in [5.74, 6) is -1.14. The van der Waals surface area contributed by atoms with Crippen LogP contribution in [-0.4, -0.2) is 30.3 Å². The zero-order valence-corrected chi connectivity index (χ0v) is 14.8. The highest BCUT2D eigenvalue weighted by Gasteiger charge is 2.11. The van der Waals surface area contributed by atoms with Gasteiger partial charge < -0.3 is 10.2 Å². The first-order valence-corrected chi connectivity index (χ1v) is 8.04. The van der Waals surface area contributed by atoms with Gasteiger partial charge in [0.1, 0.15) is 5.82 Å². The van der Waals surface area contributed by atoms with Crippen LogP contribution in [0.1, 0.15) is 5.56 Å². The van der Waals surface area contributed by atoms with Gasteiger partial charge in [0, 0.05) is 28.9 Å². The maximum absolute atomic E-state index is 12.8. The first kappa shape index (κ1) is 19.0. The lowest BCUT2D eigenvalue weighted by molar-refractivity contribution is -0.129. The Kier molecular flexibility index (Phi) is 6.56. The van der Waals surface area contributed by atoms with Crippen molar-refractivity contribution in [3.8, 4) is 0 Å². The number of nitrogens with zero attached hydrogens (tertiary/aromatic N) is 1. The number of amides is 2. The molecule has 0 unspecified atom stereocenters. The predicted octanol–water partition coefficient (Wildman–Crippen LogP) is 4.24. The number of nitrogens with one attached hydrogen (secondary N) is 1. The molecule has 2 rings (SSSR count). The van der Waals surface area contributed by atoms with Gasteiger partial charge in [-0.1, -0.05) is 29.3 Å². The highest BCUT2D eigenvalue weighted by atomic mass is 35.5. The molecule has 0 spiro atoms. The van der Waals surface area contributed by atoms with Crippen LogP contribution in [-0.2, 0) is 9.59 Å². The number of hydrogen-bond donors (Lipinski definition) is 1. The Labute approximate surface area is 154 Å². The minimum Gasteiger partial charge on any atom is -0.333 e. The minimum atomic E-state index is -0.392. The van der Waals surface area contributed by atoms with E-state index in [9.17, 15) is 14.0 Å². The third kappa shape index (κ3) is 5.89. The molecule has 2 amide bonds. The fourth-order valence-electron chi connectivity index (χ4n) is 1.95. The predicted molar refractivity (Wildman–Crippen MR) is 98.2 cm³/mol. The van der Waals surface area contributed by atoms with E-state index in [4.69, 9.17) is 23.2 Å². The van der Waals surface area contributed by atoms with Gasteiger partial charge in [-0.15, -0.1) is 0 Å². The third-order valence-corrected chi connectivity index (χ3v) is 3.82. The van der Waals surface area contributed by atoms with Gasteiger partial charge in [-0.05, 0) is 48.0 Å². The summed E-state index contributed by atoms with van der Waals surface area (Å²) in [7, 11) is 1.50. The lowest BCUT2D eigenvalue weighted by atomic mass is 10.2. The zero-order chi connectivity index (χ0) is 18.4. The van der Waals surface area contributed by atoms with Crippen molar-refractivity contribution < 1.29 is 14.0 Å². The van der Waals surface area contributed by atoms with Crippen molar-refractivity contribution in [2.75, 3.05) is 18.9 Å². The van der Waals surface area contributed by atoms with Gasteiger partial charge in [0.05, 0.1) is 6.54 Å². The molecule has 0 radical (unpaired) electrons. The topological polar surface area (TPSA) is 49.4 Å². The molecule has 2 aromatic carbocycles. The van der Waals surface area contributed by atoms with Gasteiger partial charge in [-0.3, -0.25) is 9.59 Å². The Balaban J connectivity index is 1.91. The molecule has 0 heterocycles. The molecular weight excluding hydrogens is 366 g/mol. The van der Waals surface area contributed by atoms with Gasteiger partial charge in [-0.25, -0.2) is 4.39 Å². The van der Waals surface area contributed by atoms with Crippen molar-refractivity contribution >= 4 is 46.8 Å². The van der Waals surface area contributed by atoms with Crippen molar-refractivity contribution in [2.45, 2.75) is 0 Å². The Hall–Kier alpha value is -2.37. The third-order valence-electron chi connectivity index (χ3n) is 3.25. The molecule has 0 saturated carbocycles. The second-order valence-corrected chi connectivity index (χ2v) is 6.09. The fourth-order valence-corrected chi connectivity index (χ4v) is 2.42. The number of carbonyl (C=O) groups is 2. The molecule has 0 aliphatic heterocycles. The first-order chi connectivity index (χ1) is 11.8. The molecule has 0 fully saturated rings. The molecule has 2 aromatic rings. The monoisotopic (exact) mass is 380 g/mol. The van der Waals surface area contributed by atoms with Crippen molar-refractivity contribution in [2.24, 2.45) is 0 Å². The summed E-state index contributed by atoms with van der Waals surface area (Å²) in [4.78, 5) is 25.2. The maximum Gasteiger partial charge on any atom is 0.246 e. The number of anilines is 1. The summed E-state index contributed by atoms with van der Waals surface area (Å²) < 4.78 is 12.8. The average Bonchev–Trinajstić information content (AvgIpc) is 2.55. The largest absolute Gasteiger partial charge is 0.333 e. The van der Waals surface area contributed by atoms with E-state index >= 15 is 0 Å². The van der Waals surface area contributed by atoms with Gasteiger partial charge in [0.2, 0.25) is 11.8 Å². The van der Waals surface area contributed by atoms with Crippen LogP contribution in [0.25, 0.3) is 6.08 Å². The van der Waals surface area contributed by atoms with E-state index in [2.05, 4.69) is 5.32 Å². The van der Waals surface area contributed by atoms with E-state index in [1.807, 2.05) is 0 Å². The van der Waals surface area contributed by atoms with E-state index in [1.165, 1.54) is 42.3 Å². The van der Waals surface area contributed by atoms with E-state index in [0.29, 0.717) is 21.3 Å². The minimum absolute atomic E-state index is 0.144. The smallest absolute Gasteiger partial charge is 0.246 e. The molecule has 130 valence electrons. The number of hydrogen-bond acceptors (Lipinski definition) is 2.